The number of ether oxygens (including phenoxy) is 1. The van der Waals surface area contributed by atoms with Crippen molar-refractivity contribution >= 4 is 27.3 Å². The third-order valence-corrected chi connectivity index (χ3v) is 8.65. The molecule has 0 aliphatic carbocycles. The standard InChI is InChI=1S/C25H34N4O4S/c1-3-27-15-17-28(18-16-27)22-8-6-21(7-9-22)26-25(30)20-5-4-14-29(19-20)34(31,32)24-12-10-23(33-2)11-13-24/h6-13,20H,3-5,14-19H2,1-2H3,(H,26,30)/t20-/m0/s1. The number of anilines is 2. The van der Waals surface area contributed by atoms with Gasteiger partial charge in [0.15, 0.2) is 0 Å². The van der Waals surface area contributed by atoms with E-state index in [-0.39, 0.29) is 23.3 Å². The largest absolute Gasteiger partial charge is 0.497 e. The number of amides is 1. The topological polar surface area (TPSA) is 82.2 Å². The fourth-order valence-electron chi connectivity index (χ4n) is 4.59. The predicted octanol–water partition coefficient (Wildman–Crippen LogP) is 2.88. The maximum absolute atomic E-state index is 13.1. The summed E-state index contributed by atoms with van der Waals surface area (Å²) >= 11 is 0. The molecule has 2 aromatic carbocycles. The van der Waals surface area contributed by atoms with Gasteiger partial charge in [0.2, 0.25) is 15.9 Å². The smallest absolute Gasteiger partial charge is 0.243 e. The molecular formula is C25H34N4O4S. The molecule has 0 saturated carbocycles. The number of sulfonamides is 1. The molecule has 9 heteroatoms. The highest BCUT2D eigenvalue weighted by atomic mass is 32.2. The van der Waals surface area contributed by atoms with Crippen molar-refractivity contribution in [2.45, 2.75) is 24.7 Å². The van der Waals surface area contributed by atoms with Crippen LogP contribution < -0.4 is 15.0 Å². The number of piperazine rings is 1. The highest BCUT2D eigenvalue weighted by molar-refractivity contribution is 7.89. The van der Waals surface area contributed by atoms with Crippen LogP contribution in [0.4, 0.5) is 11.4 Å². The highest BCUT2D eigenvalue weighted by Crippen LogP contribution is 2.26. The summed E-state index contributed by atoms with van der Waals surface area (Å²) in [6.45, 7) is 7.99. The van der Waals surface area contributed by atoms with E-state index in [4.69, 9.17) is 4.74 Å². The number of hydrogen-bond donors (Lipinski definition) is 1. The van der Waals surface area contributed by atoms with Crippen molar-refractivity contribution in [2.24, 2.45) is 5.92 Å². The molecule has 2 aliphatic rings. The number of benzene rings is 2. The number of carbonyl (C=O) groups excluding carboxylic acids is 1. The van der Waals surface area contributed by atoms with Gasteiger partial charge in [-0.05, 0) is 67.9 Å². The van der Waals surface area contributed by atoms with Gasteiger partial charge >= 0.3 is 0 Å². The van der Waals surface area contributed by atoms with Crippen LogP contribution in [-0.2, 0) is 14.8 Å². The van der Waals surface area contributed by atoms with Crippen LogP contribution in [0.5, 0.6) is 5.75 Å². The first-order chi connectivity index (χ1) is 16.4. The van der Waals surface area contributed by atoms with E-state index >= 15 is 0 Å². The van der Waals surface area contributed by atoms with Crippen LogP contribution in [0.25, 0.3) is 0 Å². The van der Waals surface area contributed by atoms with E-state index in [2.05, 4.69) is 22.0 Å². The first kappa shape index (κ1) is 24.5. The lowest BCUT2D eigenvalue weighted by molar-refractivity contribution is -0.120. The van der Waals surface area contributed by atoms with E-state index < -0.39 is 10.0 Å². The Kier molecular flexibility index (Phi) is 7.75. The average molecular weight is 487 g/mol. The predicted molar refractivity (Wildman–Crippen MR) is 134 cm³/mol. The van der Waals surface area contributed by atoms with Gasteiger partial charge in [-0.25, -0.2) is 8.42 Å². The first-order valence-corrected chi connectivity index (χ1v) is 13.4. The molecule has 1 atom stereocenters. The summed E-state index contributed by atoms with van der Waals surface area (Å²) < 4.78 is 32.7. The quantitative estimate of drug-likeness (QED) is 0.648. The summed E-state index contributed by atoms with van der Waals surface area (Å²) in [5.74, 6) is 0.0756. The van der Waals surface area contributed by atoms with Crippen molar-refractivity contribution in [3.05, 3.63) is 48.5 Å². The molecule has 0 bridgehead atoms. The van der Waals surface area contributed by atoms with Crippen LogP contribution in [0.3, 0.4) is 0 Å². The Balaban J connectivity index is 1.35. The van der Waals surface area contributed by atoms with E-state index in [0.717, 1.165) is 44.1 Å². The summed E-state index contributed by atoms with van der Waals surface area (Å²) in [6.07, 6.45) is 1.32. The number of likely N-dealkylation sites (N-methyl/N-ethyl adjacent to an activating group) is 1. The van der Waals surface area contributed by atoms with Crippen molar-refractivity contribution in [1.29, 1.82) is 0 Å². The summed E-state index contributed by atoms with van der Waals surface area (Å²) in [7, 11) is -2.12. The Labute approximate surface area is 202 Å². The fraction of sp³-hybridized carbons (Fsp3) is 0.480. The van der Waals surface area contributed by atoms with Crippen LogP contribution in [-0.4, -0.2) is 76.5 Å². The lowest BCUT2D eigenvalue weighted by atomic mass is 9.98. The Morgan fingerprint density at radius 1 is 1.00 bits per heavy atom. The molecule has 1 amide bonds. The SMILES string of the molecule is CCN1CCN(c2ccc(NC(=O)[C@H]3CCCN(S(=O)(=O)c4ccc(OC)cc4)C3)cc2)CC1. The Hall–Kier alpha value is -2.62. The van der Waals surface area contributed by atoms with Crippen LogP contribution in [0.15, 0.2) is 53.4 Å². The van der Waals surface area contributed by atoms with Gasteiger partial charge in [-0.1, -0.05) is 6.92 Å². The normalized spacial score (nSPS) is 20.2. The second-order valence-corrected chi connectivity index (χ2v) is 10.8. The van der Waals surface area contributed by atoms with E-state index in [1.165, 1.54) is 4.31 Å². The molecule has 0 radical (unpaired) electrons. The van der Waals surface area contributed by atoms with Crippen LogP contribution in [0, 0.1) is 5.92 Å². The number of carbonyl (C=O) groups is 1. The number of hydrogen-bond acceptors (Lipinski definition) is 6. The minimum Gasteiger partial charge on any atom is -0.497 e. The summed E-state index contributed by atoms with van der Waals surface area (Å²) in [6, 6.07) is 14.3. The van der Waals surface area contributed by atoms with Gasteiger partial charge in [0.05, 0.1) is 17.9 Å². The summed E-state index contributed by atoms with van der Waals surface area (Å²) in [5.41, 5.74) is 1.89. The molecular weight excluding hydrogens is 452 g/mol. The average Bonchev–Trinajstić information content (AvgIpc) is 2.89. The van der Waals surface area contributed by atoms with E-state index in [1.54, 1.807) is 31.4 Å². The van der Waals surface area contributed by atoms with Crippen molar-refractivity contribution < 1.29 is 17.9 Å². The molecule has 34 heavy (non-hydrogen) atoms. The van der Waals surface area contributed by atoms with Crippen molar-refractivity contribution in [1.82, 2.24) is 9.21 Å². The van der Waals surface area contributed by atoms with Gasteiger partial charge in [-0.3, -0.25) is 4.79 Å². The molecule has 1 N–H and O–H groups in total. The van der Waals surface area contributed by atoms with Crippen molar-refractivity contribution in [3.63, 3.8) is 0 Å². The third kappa shape index (κ3) is 5.54. The van der Waals surface area contributed by atoms with E-state index in [1.807, 2.05) is 24.3 Å². The van der Waals surface area contributed by atoms with Gasteiger partial charge in [0.25, 0.3) is 0 Å². The Morgan fingerprint density at radius 2 is 1.68 bits per heavy atom. The lowest BCUT2D eigenvalue weighted by Gasteiger charge is -2.35. The van der Waals surface area contributed by atoms with Crippen LogP contribution >= 0.6 is 0 Å². The minimum absolute atomic E-state index is 0.140. The van der Waals surface area contributed by atoms with Gasteiger partial charge in [-0.2, -0.15) is 4.31 Å². The zero-order valence-corrected chi connectivity index (χ0v) is 20.8. The zero-order chi connectivity index (χ0) is 24.1. The molecule has 0 spiro atoms. The van der Waals surface area contributed by atoms with Crippen molar-refractivity contribution in [3.8, 4) is 5.75 Å². The molecule has 0 unspecified atom stereocenters. The number of piperidine rings is 1. The third-order valence-electron chi connectivity index (χ3n) is 6.77. The number of rotatable bonds is 7. The second-order valence-electron chi connectivity index (χ2n) is 8.84. The number of methoxy groups -OCH3 is 1. The molecule has 2 fully saturated rings. The summed E-state index contributed by atoms with van der Waals surface area (Å²) in [4.78, 5) is 18.0. The maximum Gasteiger partial charge on any atom is 0.243 e. The molecule has 8 nitrogen and oxygen atoms in total. The van der Waals surface area contributed by atoms with E-state index in [9.17, 15) is 13.2 Å². The van der Waals surface area contributed by atoms with Crippen LogP contribution in [0.1, 0.15) is 19.8 Å². The maximum atomic E-state index is 13.1. The zero-order valence-electron chi connectivity index (χ0n) is 19.9. The molecule has 4 rings (SSSR count). The Morgan fingerprint density at radius 3 is 2.29 bits per heavy atom. The van der Waals surface area contributed by atoms with E-state index in [0.29, 0.717) is 25.1 Å². The molecule has 2 aromatic rings. The Bertz CT molecular complexity index is 1070. The van der Waals surface area contributed by atoms with Gasteiger partial charge in [0.1, 0.15) is 5.75 Å². The van der Waals surface area contributed by atoms with Gasteiger partial charge < -0.3 is 19.9 Å². The monoisotopic (exact) mass is 486 g/mol. The number of nitrogens with one attached hydrogen (secondary N) is 1. The second kappa shape index (κ2) is 10.8. The number of nitrogens with zero attached hydrogens (tertiary/aromatic N) is 3. The minimum atomic E-state index is -3.66. The molecule has 0 aromatic heterocycles. The van der Waals surface area contributed by atoms with Crippen LogP contribution in [0.2, 0.25) is 0 Å². The van der Waals surface area contributed by atoms with Gasteiger partial charge in [-0.15, -0.1) is 0 Å². The molecule has 184 valence electrons. The van der Waals surface area contributed by atoms with Crippen molar-refractivity contribution in [2.75, 3.05) is 63.1 Å². The highest BCUT2D eigenvalue weighted by Gasteiger charge is 2.33. The first-order valence-electron chi connectivity index (χ1n) is 11.9. The molecule has 2 aliphatic heterocycles. The molecule has 2 saturated heterocycles. The molecule has 2 heterocycles. The summed E-state index contributed by atoms with van der Waals surface area (Å²) in [5, 5.41) is 2.98. The lowest BCUT2D eigenvalue weighted by Crippen LogP contribution is -2.46. The fourth-order valence-corrected chi connectivity index (χ4v) is 6.12. The van der Waals surface area contributed by atoms with Gasteiger partial charge in [0, 0.05) is 50.6 Å².